The number of rotatable bonds is 0. The van der Waals surface area contributed by atoms with Crippen molar-refractivity contribution in [2.75, 3.05) is 0 Å². The zero-order valence-corrected chi connectivity index (χ0v) is 9.62. The van der Waals surface area contributed by atoms with Crippen molar-refractivity contribution >= 4 is 0 Å². The third-order valence-electron chi connectivity index (χ3n) is 1.31. The Bertz CT molecular complexity index is 366. The maximum absolute atomic E-state index is 8.50. The van der Waals surface area contributed by atoms with Crippen molar-refractivity contribution < 1.29 is 51.4 Å². The van der Waals surface area contributed by atoms with Gasteiger partial charge in [0, 0.05) is 12.1 Å². The van der Waals surface area contributed by atoms with E-state index in [-0.39, 0.29) is 68.1 Å². The van der Waals surface area contributed by atoms with Crippen molar-refractivity contribution in [3.05, 3.63) is 28.8 Å². The summed E-state index contributed by atoms with van der Waals surface area (Å²) in [6.07, 6.45) is 0. The van der Waals surface area contributed by atoms with Crippen molar-refractivity contribution in [3.8, 4) is 18.2 Å². The Balaban J connectivity index is 0.00000121. The zero-order valence-electron chi connectivity index (χ0n) is 6.50. The van der Waals surface area contributed by atoms with Crippen LogP contribution in [0.5, 0.6) is 0 Å². The van der Waals surface area contributed by atoms with Gasteiger partial charge >= 0.3 is 51.4 Å². The molecule has 0 heterocycles. The van der Waals surface area contributed by atoms with E-state index in [4.69, 9.17) is 15.8 Å². The van der Waals surface area contributed by atoms with Crippen LogP contribution >= 0.6 is 0 Å². The Morgan fingerprint density at radius 3 is 2.17 bits per heavy atom. The molecule has 0 N–H and O–H groups in total. The Morgan fingerprint density at radius 1 is 1.08 bits per heavy atom. The quantitative estimate of drug-likeness (QED) is 0.342. The minimum atomic E-state index is 0. The molecule has 1 aromatic carbocycles. The zero-order chi connectivity index (χ0) is 8.27. The minimum absolute atomic E-state index is 0. The van der Waals surface area contributed by atoms with E-state index in [0.29, 0.717) is 0 Å². The van der Waals surface area contributed by atoms with E-state index in [2.05, 4.69) is 0 Å². The number of hydrogen-bond acceptors (Lipinski definition) is 3. The SMILES string of the molecule is N#Cc1c[cH-]c(C#N)c1C#N.[K+]. The molecule has 0 aliphatic carbocycles. The molecule has 0 radical (unpaired) electrons. The van der Waals surface area contributed by atoms with Crippen LogP contribution in [0.25, 0.3) is 0 Å². The van der Waals surface area contributed by atoms with Crippen LogP contribution in [0.4, 0.5) is 0 Å². The van der Waals surface area contributed by atoms with Crippen LogP contribution in [-0.2, 0) is 0 Å². The first-order valence-corrected chi connectivity index (χ1v) is 2.83. The molecule has 0 bridgehead atoms. The van der Waals surface area contributed by atoms with Gasteiger partial charge in [-0.3, -0.25) is 5.26 Å². The van der Waals surface area contributed by atoms with E-state index in [1.807, 2.05) is 12.1 Å². The summed E-state index contributed by atoms with van der Waals surface area (Å²) in [4.78, 5) is 0. The van der Waals surface area contributed by atoms with Gasteiger partial charge in [0.15, 0.2) is 0 Å². The van der Waals surface area contributed by atoms with Crippen molar-refractivity contribution in [2.24, 2.45) is 0 Å². The summed E-state index contributed by atoms with van der Waals surface area (Å²) in [7, 11) is 0. The van der Waals surface area contributed by atoms with Gasteiger partial charge in [-0.2, -0.15) is 0 Å². The van der Waals surface area contributed by atoms with E-state index in [0.717, 1.165) is 0 Å². The van der Waals surface area contributed by atoms with Crippen LogP contribution in [0.3, 0.4) is 0 Å². The first-order chi connectivity index (χ1) is 5.33. The molecule has 0 saturated carbocycles. The predicted molar refractivity (Wildman–Crippen MR) is 36.2 cm³/mol. The van der Waals surface area contributed by atoms with Crippen LogP contribution in [-0.4, -0.2) is 0 Å². The summed E-state index contributed by atoms with van der Waals surface area (Å²) in [5, 5.41) is 25.4. The van der Waals surface area contributed by atoms with E-state index in [9.17, 15) is 0 Å². The largest absolute Gasteiger partial charge is 1.00 e. The Labute approximate surface area is 113 Å². The Kier molecular flexibility index (Phi) is 4.93. The third kappa shape index (κ3) is 1.99. The van der Waals surface area contributed by atoms with Crippen molar-refractivity contribution in [1.82, 2.24) is 0 Å². The summed E-state index contributed by atoms with van der Waals surface area (Å²) in [5.41, 5.74) is 0.711. The van der Waals surface area contributed by atoms with Crippen LogP contribution in [0, 0.1) is 34.0 Å². The minimum Gasteiger partial charge on any atom is -0.262 e. The van der Waals surface area contributed by atoms with Gasteiger partial charge in [0.25, 0.3) is 0 Å². The second-order valence-corrected chi connectivity index (χ2v) is 1.87. The molecule has 50 valence electrons. The molecule has 1 rings (SSSR count). The fraction of sp³-hybridized carbons (Fsp3) is 0. The summed E-state index contributed by atoms with van der Waals surface area (Å²) in [6, 6.07) is 8.39. The summed E-state index contributed by atoms with van der Waals surface area (Å²) in [5.74, 6) is 0. The van der Waals surface area contributed by atoms with E-state index < -0.39 is 0 Å². The molecule has 0 fully saturated rings. The second-order valence-electron chi connectivity index (χ2n) is 1.87. The average molecular weight is 179 g/mol. The smallest absolute Gasteiger partial charge is 0.262 e. The van der Waals surface area contributed by atoms with Gasteiger partial charge in [-0.05, 0) is 17.2 Å². The molecule has 0 spiro atoms. The van der Waals surface area contributed by atoms with Crippen molar-refractivity contribution in [1.29, 1.82) is 15.8 Å². The van der Waals surface area contributed by atoms with Crippen LogP contribution in [0.2, 0.25) is 0 Å². The molecule has 0 aromatic heterocycles. The second kappa shape index (κ2) is 5.16. The fourth-order valence-electron chi connectivity index (χ4n) is 0.785. The van der Waals surface area contributed by atoms with Crippen LogP contribution in [0.15, 0.2) is 12.1 Å². The molecule has 4 heteroatoms. The average Bonchev–Trinajstić information content (AvgIpc) is 2.45. The van der Waals surface area contributed by atoms with Gasteiger partial charge in [0.2, 0.25) is 0 Å². The molecule has 0 unspecified atom stereocenters. The van der Waals surface area contributed by atoms with Gasteiger partial charge in [0.05, 0.1) is 0 Å². The standard InChI is InChI=1S/C8H2N3.K/c9-3-6-1-2-7(4-10)8(6)5-11;/h1-2H;/q-1;+1. The molecule has 0 aliphatic rings. The maximum Gasteiger partial charge on any atom is 1.00 e. The molecule has 0 atom stereocenters. The molecule has 0 amide bonds. The van der Waals surface area contributed by atoms with Gasteiger partial charge < -0.3 is 0 Å². The van der Waals surface area contributed by atoms with Crippen LogP contribution in [0.1, 0.15) is 16.7 Å². The van der Waals surface area contributed by atoms with Gasteiger partial charge in [-0.15, -0.1) is 12.1 Å². The number of nitriles is 3. The normalized spacial score (nSPS) is 7.08. The first-order valence-electron chi connectivity index (χ1n) is 2.83. The molecule has 0 saturated heterocycles. The molecule has 0 aliphatic heterocycles. The van der Waals surface area contributed by atoms with Gasteiger partial charge in [0.1, 0.15) is 0 Å². The summed E-state index contributed by atoms with van der Waals surface area (Å²) < 4.78 is 0. The number of hydrogen-bond donors (Lipinski definition) is 0. The topological polar surface area (TPSA) is 71.4 Å². The molecular formula is C8H2KN3. The van der Waals surface area contributed by atoms with Crippen LogP contribution < -0.4 is 51.4 Å². The van der Waals surface area contributed by atoms with Crippen molar-refractivity contribution in [3.63, 3.8) is 0 Å². The Hall–Kier alpha value is -0.544. The van der Waals surface area contributed by atoms with Gasteiger partial charge in [-0.25, -0.2) is 10.5 Å². The molecule has 12 heavy (non-hydrogen) atoms. The maximum atomic E-state index is 8.50. The predicted octanol–water partition coefficient (Wildman–Crippen LogP) is -1.98. The first kappa shape index (κ1) is 11.5. The van der Waals surface area contributed by atoms with E-state index in [1.165, 1.54) is 12.1 Å². The molecule has 3 nitrogen and oxygen atoms in total. The monoisotopic (exact) mass is 179 g/mol. The fourth-order valence-corrected chi connectivity index (χ4v) is 0.785. The molecule has 1 aromatic rings. The van der Waals surface area contributed by atoms with Gasteiger partial charge in [-0.1, -0.05) is 5.56 Å². The Morgan fingerprint density at radius 2 is 1.75 bits per heavy atom. The number of nitrogens with zero attached hydrogens (tertiary/aromatic N) is 3. The molecular weight excluding hydrogens is 177 g/mol. The van der Waals surface area contributed by atoms with E-state index >= 15 is 0 Å². The van der Waals surface area contributed by atoms with E-state index in [1.54, 1.807) is 6.07 Å². The van der Waals surface area contributed by atoms with Crippen molar-refractivity contribution in [2.45, 2.75) is 0 Å². The summed E-state index contributed by atoms with van der Waals surface area (Å²) in [6.45, 7) is 0. The summed E-state index contributed by atoms with van der Waals surface area (Å²) >= 11 is 0. The third-order valence-corrected chi connectivity index (χ3v) is 1.31.